The lowest BCUT2D eigenvalue weighted by Gasteiger charge is -2.62. The summed E-state index contributed by atoms with van der Waals surface area (Å²) in [6, 6.07) is 0. The van der Waals surface area contributed by atoms with Gasteiger partial charge in [0.1, 0.15) is 0 Å². The molecule has 0 aromatic carbocycles. The van der Waals surface area contributed by atoms with Crippen LogP contribution >= 0.6 is 0 Å². The third-order valence-corrected chi connectivity index (χ3v) is 12.5. The fourth-order valence-corrected chi connectivity index (χ4v) is 10.4. The highest BCUT2D eigenvalue weighted by molar-refractivity contribution is 5.09. The fourth-order valence-electron chi connectivity index (χ4n) is 10.4. The molecule has 0 N–H and O–H groups in total. The van der Waals surface area contributed by atoms with E-state index in [0.29, 0.717) is 10.8 Å². The van der Waals surface area contributed by atoms with Gasteiger partial charge in [-0.1, -0.05) is 68.2 Å². The first-order valence-corrected chi connectivity index (χ1v) is 14.1. The van der Waals surface area contributed by atoms with E-state index in [1.54, 1.807) is 32.1 Å². The van der Waals surface area contributed by atoms with Gasteiger partial charge in [-0.25, -0.2) is 0 Å². The second-order valence-electron chi connectivity index (χ2n) is 14.0. The molecule has 11 atom stereocenters. The minimum absolute atomic E-state index is 0.644. The molecule has 0 nitrogen and oxygen atoms in total. The average Bonchev–Trinajstić information content (AvgIpc) is 3.04. The van der Waals surface area contributed by atoms with Crippen LogP contribution in [0.3, 0.4) is 0 Å². The lowest BCUT2D eigenvalue weighted by atomic mass is 9.43. The van der Waals surface area contributed by atoms with Crippen LogP contribution in [0.25, 0.3) is 0 Å². The Kier molecular flexibility index (Phi) is 6.49. The normalized spacial score (nSPS) is 49.1. The summed E-state index contributed by atoms with van der Waals surface area (Å²) in [5.41, 5.74) is 1.32. The predicted molar refractivity (Wildman–Crippen MR) is 131 cm³/mol. The van der Waals surface area contributed by atoms with Gasteiger partial charge in [0.25, 0.3) is 0 Å². The lowest BCUT2D eigenvalue weighted by molar-refractivity contribution is -0.127. The third kappa shape index (κ3) is 3.63. The Bertz CT molecular complexity index is 591. The summed E-state index contributed by atoms with van der Waals surface area (Å²) >= 11 is 0. The fraction of sp³-hybridized carbons (Fsp3) is 1.00. The predicted octanol–water partition coefficient (Wildman–Crippen LogP) is 9.24. The first-order chi connectivity index (χ1) is 14.1. The van der Waals surface area contributed by atoms with E-state index < -0.39 is 0 Å². The molecule has 0 amide bonds. The van der Waals surface area contributed by atoms with Crippen LogP contribution in [0.15, 0.2) is 0 Å². The van der Waals surface area contributed by atoms with Crippen molar-refractivity contribution >= 4 is 0 Å². The van der Waals surface area contributed by atoms with Crippen LogP contribution in [-0.2, 0) is 0 Å². The molecule has 0 radical (unpaired) electrons. The molecule has 0 aromatic rings. The van der Waals surface area contributed by atoms with Gasteiger partial charge in [-0.05, 0) is 121 Å². The van der Waals surface area contributed by atoms with Gasteiger partial charge in [-0.3, -0.25) is 0 Å². The van der Waals surface area contributed by atoms with Gasteiger partial charge in [0, 0.05) is 0 Å². The Hall–Kier alpha value is 0. The molecule has 4 aliphatic carbocycles. The van der Waals surface area contributed by atoms with E-state index in [-0.39, 0.29) is 0 Å². The number of hydrogen-bond donors (Lipinski definition) is 0. The van der Waals surface area contributed by atoms with Gasteiger partial charge >= 0.3 is 0 Å². The average molecular weight is 415 g/mol. The molecule has 4 aliphatic rings. The summed E-state index contributed by atoms with van der Waals surface area (Å²) in [7, 11) is 0. The molecule has 4 saturated carbocycles. The third-order valence-electron chi connectivity index (χ3n) is 12.5. The molecule has 30 heavy (non-hydrogen) atoms. The van der Waals surface area contributed by atoms with E-state index in [9.17, 15) is 0 Å². The first-order valence-electron chi connectivity index (χ1n) is 14.1. The van der Waals surface area contributed by atoms with Crippen LogP contribution in [0.2, 0.25) is 0 Å². The minimum atomic E-state index is 0.644. The molecule has 0 aliphatic heterocycles. The maximum absolute atomic E-state index is 2.76. The second-order valence-corrected chi connectivity index (χ2v) is 14.0. The zero-order chi connectivity index (χ0) is 21.8. The maximum Gasteiger partial charge on any atom is -0.0264 e. The molecule has 4 rings (SSSR count). The SMILES string of the molecule is CC(C)[C@@H](C)[C@H](C)C[C@@H](C)[C@H]1CC[C@H]2[C@@H]3CC[C@H]4[C@H](C)CCC[C@]4(C)[C@H]3CC[C@]12C. The summed E-state index contributed by atoms with van der Waals surface area (Å²) in [6.45, 7) is 20.6. The highest BCUT2D eigenvalue weighted by atomic mass is 14.7. The van der Waals surface area contributed by atoms with Crippen molar-refractivity contribution in [3.05, 3.63) is 0 Å². The van der Waals surface area contributed by atoms with Crippen molar-refractivity contribution in [1.82, 2.24) is 0 Å². The number of hydrogen-bond acceptors (Lipinski definition) is 0. The van der Waals surface area contributed by atoms with Crippen LogP contribution in [0.5, 0.6) is 0 Å². The highest BCUT2D eigenvalue weighted by Crippen LogP contribution is 2.69. The van der Waals surface area contributed by atoms with Gasteiger partial charge in [0.15, 0.2) is 0 Å². The van der Waals surface area contributed by atoms with Crippen LogP contribution in [0, 0.1) is 70.0 Å². The smallest absolute Gasteiger partial charge is 0.0264 e. The van der Waals surface area contributed by atoms with E-state index in [1.807, 2.05) is 0 Å². The second kappa shape index (κ2) is 8.41. The Labute approximate surface area is 189 Å². The van der Waals surface area contributed by atoms with E-state index in [2.05, 4.69) is 55.4 Å². The molecule has 174 valence electrons. The van der Waals surface area contributed by atoms with Crippen molar-refractivity contribution in [3.63, 3.8) is 0 Å². The Morgan fingerprint density at radius 3 is 2.10 bits per heavy atom. The number of rotatable bonds is 5. The quantitative estimate of drug-likeness (QED) is 0.420. The highest BCUT2D eigenvalue weighted by Gasteiger charge is 2.60. The molecule has 0 bridgehead atoms. The van der Waals surface area contributed by atoms with E-state index in [0.717, 1.165) is 59.2 Å². The minimum Gasteiger partial charge on any atom is -0.0625 e. The lowest BCUT2D eigenvalue weighted by Crippen LogP contribution is -2.54. The Morgan fingerprint density at radius 2 is 1.40 bits per heavy atom. The summed E-state index contributed by atoms with van der Waals surface area (Å²) in [5, 5.41) is 0. The van der Waals surface area contributed by atoms with Crippen molar-refractivity contribution in [2.24, 2.45) is 70.0 Å². The van der Waals surface area contributed by atoms with Crippen molar-refractivity contribution in [3.8, 4) is 0 Å². The summed E-state index contributed by atoms with van der Waals surface area (Å²) in [5.74, 6) is 9.61. The molecule has 4 fully saturated rings. The van der Waals surface area contributed by atoms with Gasteiger partial charge in [-0.2, -0.15) is 0 Å². The van der Waals surface area contributed by atoms with Crippen LogP contribution in [0.1, 0.15) is 120 Å². The summed E-state index contributed by atoms with van der Waals surface area (Å²) in [4.78, 5) is 0. The van der Waals surface area contributed by atoms with Crippen LogP contribution < -0.4 is 0 Å². The Morgan fingerprint density at radius 1 is 0.733 bits per heavy atom. The van der Waals surface area contributed by atoms with Crippen molar-refractivity contribution < 1.29 is 0 Å². The molecule has 0 spiro atoms. The van der Waals surface area contributed by atoms with Crippen molar-refractivity contribution in [1.29, 1.82) is 0 Å². The molecular formula is C30H54. The van der Waals surface area contributed by atoms with E-state index >= 15 is 0 Å². The molecule has 0 unspecified atom stereocenters. The monoisotopic (exact) mass is 414 g/mol. The van der Waals surface area contributed by atoms with E-state index in [4.69, 9.17) is 0 Å². The van der Waals surface area contributed by atoms with Crippen molar-refractivity contribution in [2.75, 3.05) is 0 Å². The zero-order valence-electron chi connectivity index (χ0n) is 21.8. The first kappa shape index (κ1) is 23.2. The van der Waals surface area contributed by atoms with Gasteiger partial charge in [0.2, 0.25) is 0 Å². The molecule has 0 heterocycles. The molecular weight excluding hydrogens is 360 g/mol. The summed E-state index contributed by atoms with van der Waals surface area (Å²) < 4.78 is 0. The van der Waals surface area contributed by atoms with Gasteiger partial charge < -0.3 is 0 Å². The number of fused-ring (bicyclic) bond motifs is 5. The van der Waals surface area contributed by atoms with Crippen LogP contribution in [-0.4, -0.2) is 0 Å². The zero-order valence-corrected chi connectivity index (χ0v) is 21.8. The largest absolute Gasteiger partial charge is 0.0625 e. The van der Waals surface area contributed by atoms with Crippen LogP contribution in [0.4, 0.5) is 0 Å². The van der Waals surface area contributed by atoms with Crippen molar-refractivity contribution in [2.45, 2.75) is 120 Å². The molecule has 0 heteroatoms. The van der Waals surface area contributed by atoms with E-state index in [1.165, 1.54) is 32.1 Å². The van der Waals surface area contributed by atoms with Gasteiger partial charge in [0.05, 0.1) is 0 Å². The molecule has 0 aromatic heterocycles. The molecule has 0 saturated heterocycles. The standard InChI is InChI=1S/C30H54/c1-19(2)23(6)21(4)18-22(5)26-13-14-27-24-11-12-25-20(3)10-9-16-29(25,7)28(24)15-17-30(26,27)8/h19-28H,9-18H2,1-8H3/t20-,21-,22-,23-,24+,25+,26-,27+,28+,29+,30-/m1/s1. The Balaban J connectivity index is 1.49. The maximum atomic E-state index is 2.76. The summed E-state index contributed by atoms with van der Waals surface area (Å²) in [6.07, 6.45) is 15.3. The topological polar surface area (TPSA) is 0 Å². The van der Waals surface area contributed by atoms with Gasteiger partial charge in [-0.15, -0.1) is 0 Å².